The molecule has 31 heavy (non-hydrogen) atoms. The zero-order chi connectivity index (χ0) is 21.8. The largest absolute Gasteiger partial charge is 0.378 e. The van der Waals surface area contributed by atoms with E-state index in [0.717, 1.165) is 0 Å². The van der Waals surface area contributed by atoms with Gasteiger partial charge in [-0.2, -0.15) is 0 Å². The van der Waals surface area contributed by atoms with Crippen LogP contribution in [0.25, 0.3) is 16.6 Å². The van der Waals surface area contributed by atoms with Crippen LogP contribution in [0.5, 0.6) is 0 Å². The van der Waals surface area contributed by atoms with E-state index in [1.165, 1.54) is 16.3 Å². The van der Waals surface area contributed by atoms with E-state index in [-0.39, 0.29) is 11.5 Å². The summed E-state index contributed by atoms with van der Waals surface area (Å²) >= 11 is 13.9. The van der Waals surface area contributed by atoms with Crippen LogP contribution < -0.4 is 5.56 Å². The van der Waals surface area contributed by atoms with Gasteiger partial charge in [0, 0.05) is 30.3 Å². The summed E-state index contributed by atoms with van der Waals surface area (Å²) in [6.07, 6.45) is 1.13. The van der Waals surface area contributed by atoms with Crippen molar-refractivity contribution in [2.45, 2.75) is 18.0 Å². The topological polar surface area (TPSA) is 64.4 Å². The fraction of sp³-hybridized carbons (Fsp3) is 0.318. The highest BCUT2D eigenvalue weighted by atomic mass is 35.5. The number of rotatable bonds is 6. The molecule has 2 heterocycles. The van der Waals surface area contributed by atoms with E-state index in [0.29, 0.717) is 76.7 Å². The number of para-hydroxylation sites is 1. The average Bonchev–Trinajstić information content (AvgIpc) is 2.78. The lowest BCUT2D eigenvalue weighted by Gasteiger charge is -2.26. The van der Waals surface area contributed by atoms with Crippen molar-refractivity contribution in [2.75, 3.05) is 32.1 Å². The molecule has 0 aliphatic carbocycles. The van der Waals surface area contributed by atoms with E-state index in [1.54, 1.807) is 24.3 Å². The summed E-state index contributed by atoms with van der Waals surface area (Å²) in [5.74, 6) is 0.778. The van der Waals surface area contributed by atoms with E-state index < -0.39 is 0 Å². The van der Waals surface area contributed by atoms with Crippen LogP contribution in [0.4, 0.5) is 0 Å². The lowest BCUT2D eigenvalue weighted by molar-refractivity contribution is -0.135. The van der Waals surface area contributed by atoms with Crippen LogP contribution in [0.3, 0.4) is 0 Å². The third kappa shape index (κ3) is 5.06. The third-order valence-electron chi connectivity index (χ3n) is 5.03. The zero-order valence-corrected chi connectivity index (χ0v) is 19.1. The molecule has 0 spiro atoms. The number of carbonyl (C=O) groups excluding carboxylic acids is 1. The molecule has 1 aliphatic rings. The molecule has 0 radical (unpaired) electrons. The summed E-state index contributed by atoms with van der Waals surface area (Å²) in [6.45, 7) is 2.48. The molecule has 2 aromatic carbocycles. The molecule has 1 fully saturated rings. The van der Waals surface area contributed by atoms with Crippen molar-refractivity contribution in [3.63, 3.8) is 0 Å². The molecule has 162 valence electrons. The van der Waals surface area contributed by atoms with Crippen LogP contribution in [0, 0.1) is 0 Å². The van der Waals surface area contributed by atoms with Gasteiger partial charge in [0.05, 0.1) is 34.8 Å². The van der Waals surface area contributed by atoms with E-state index in [2.05, 4.69) is 0 Å². The Balaban J connectivity index is 1.57. The molecule has 6 nitrogen and oxygen atoms in total. The Kier molecular flexibility index (Phi) is 7.17. The normalized spacial score (nSPS) is 14.2. The van der Waals surface area contributed by atoms with Gasteiger partial charge in [-0.15, -0.1) is 0 Å². The van der Waals surface area contributed by atoms with Crippen LogP contribution in [0.1, 0.15) is 12.8 Å². The Labute approximate surface area is 194 Å². The van der Waals surface area contributed by atoms with E-state index >= 15 is 0 Å². The first-order valence-corrected chi connectivity index (χ1v) is 11.7. The minimum absolute atomic E-state index is 0.133. The SMILES string of the molecule is O=C(CCCSc1nc2ccccc2c(=O)n1-c1ccc(Cl)cc1Cl)N1CCOCC1. The van der Waals surface area contributed by atoms with Crippen molar-refractivity contribution in [3.8, 4) is 5.69 Å². The second-order valence-corrected chi connectivity index (χ2v) is 9.00. The van der Waals surface area contributed by atoms with Gasteiger partial charge in [-0.25, -0.2) is 4.98 Å². The first-order chi connectivity index (χ1) is 15.0. The number of hydrogen-bond acceptors (Lipinski definition) is 5. The maximum absolute atomic E-state index is 13.3. The Morgan fingerprint density at radius 2 is 1.90 bits per heavy atom. The highest BCUT2D eigenvalue weighted by Gasteiger charge is 2.18. The van der Waals surface area contributed by atoms with Gasteiger partial charge in [-0.05, 0) is 36.8 Å². The molecule has 0 saturated carbocycles. The van der Waals surface area contributed by atoms with Crippen LogP contribution in [0.2, 0.25) is 10.0 Å². The van der Waals surface area contributed by atoms with Gasteiger partial charge in [0.2, 0.25) is 5.91 Å². The quantitative estimate of drug-likeness (QED) is 0.298. The summed E-state index contributed by atoms with van der Waals surface area (Å²) < 4.78 is 6.82. The zero-order valence-electron chi connectivity index (χ0n) is 16.7. The summed E-state index contributed by atoms with van der Waals surface area (Å²) in [5.41, 5.74) is 0.962. The molecule has 0 atom stereocenters. The molecule has 3 aromatic rings. The number of hydrogen-bond donors (Lipinski definition) is 0. The fourth-order valence-corrected chi connectivity index (χ4v) is 4.88. The van der Waals surface area contributed by atoms with Crippen LogP contribution in [0.15, 0.2) is 52.4 Å². The predicted octanol–water partition coefficient (Wildman–Crippen LogP) is 4.42. The second-order valence-electron chi connectivity index (χ2n) is 7.09. The Hall–Kier alpha value is -2.06. The highest BCUT2D eigenvalue weighted by Crippen LogP contribution is 2.28. The van der Waals surface area contributed by atoms with E-state index in [4.69, 9.17) is 32.9 Å². The number of morpholine rings is 1. The van der Waals surface area contributed by atoms with Crippen molar-refractivity contribution >= 4 is 51.8 Å². The number of halogens is 2. The number of benzene rings is 2. The van der Waals surface area contributed by atoms with E-state index in [1.807, 2.05) is 23.1 Å². The number of fused-ring (bicyclic) bond motifs is 1. The molecule has 1 amide bonds. The molecular formula is C22H21Cl2N3O3S. The first-order valence-electron chi connectivity index (χ1n) is 10.00. The maximum atomic E-state index is 13.3. The van der Waals surface area contributed by atoms with Crippen LogP contribution in [-0.2, 0) is 9.53 Å². The number of amides is 1. The van der Waals surface area contributed by atoms with Gasteiger partial charge < -0.3 is 9.64 Å². The Bertz CT molecular complexity index is 1160. The fourth-order valence-electron chi connectivity index (χ4n) is 3.44. The molecular weight excluding hydrogens is 457 g/mol. The summed E-state index contributed by atoms with van der Waals surface area (Å²) in [5, 5.41) is 1.91. The number of carbonyl (C=O) groups is 1. The number of nitrogens with zero attached hydrogens (tertiary/aromatic N) is 3. The van der Waals surface area contributed by atoms with Gasteiger partial charge in [-0.3, -0.25) is 14.2 Å². The molecule has 1 aromatic heterocycles. The minimum Gasteiger partial charge on any atom is -0.378 e. The first kappa shape index (κ1) is 22.1. The maximum Gasteiger partial charge on any atom is 0.266 e. The molecule has 0 bridgehead atoms. The number of aromatic nitrogens is 2. The Morgan fingerprint density at radius 3 is 2.68 bits per heavy atom. The van der Waals surface area contributed by atoms with Crippen molar-refractivity contribution in [1.82, 2.24) is 14.5 Å². The number of thioether (sulfide) groups is 1. The van der Waals surface area contributed by atoms with Crippen molar-refractivity contribution < 1.29 is 9.53 Å². The smallest absolute Gasteiger partial charge is 0.266 e. The van der Waals surface area contributed by atoms with Crippen molar-refractivity contribution in [2.24, 2.45) is 0 Å². The van der Waals surface area contributed by atoms with Gasteiger partial charge >= 0.3 is 0 Å². The monoisotopic (exact) mass is 477 g/mol. The van der Waals surface area contributed by atoms with Gasteiger partial charge in [0.1, 0.15) is 0 Å². The summed E-state index contributed by atoms with van der Waals surface area (Å²) in [6, 6.07) is 12.2. The lowest BCUT2D eigenvalue weighted by Crippen LogP contribution is -2.40. The number of ether oxygens (including phenoxy) is 1. The second kappa shape index (κ2) is 10.0. The molecule has 0 N–H and O–H groups in total. The third-order valence-corrected chi connectivity index (χ3v) is 6.59. The molecule has 1 saturated heterocycles. The van der Waals surface area contributed by atoms with Gasteiger partial charge in [0.15, 0.2) is 5.16 Å². The Morgan fingerprint density at radius 1 is 1.13 bits per heavy atom. The predicted molar refractivity (Wildman–Crippen MR) is 125 cm³/mol. The van der Waals surface area contributed by atoms with Crippen molar-refractivity contribution in [1.29, 1.82) is 0 Å². The van der Waals surface area contributed by atoms with Crippen LogP contribution in [-0.4, -0.2) is 52.4 Å². The summed E-state index contributed by atoms with van der Waals surface area (Å²) in [4.78, 5) is 32.2. The lowest BCUT2D eigenvalue weighted by atomic mass is 10.2. The van der Waals surface area contributed by atoms with Crippen LogP contribution >= 0.6 is 35.0 Å². The highest BCUT2D eigenvalue weighted by molar-refractivity contribution is 7.99. The average molecular weight is 478 g/mol. The van der Waals surface area contributed by atoms with Gasteiger partial charge in [0.25, 0.3) is 5.56 Å². The summed E-state index contributed by atoms with van der Waals surface area (Å²) in [7, 11) is 0. The minimum atomic E-state index is -0.193. The molecule has 0 unspecified atom stereocenters. The van der Waals surface area contributed by atoms with Gasteiger partial charge in [-0.1, -0.05) is 47.1 Å². The molecule has 4 rings (SSSR count). The molecule has 1 aliphatic heterocycles. The van der Waals surface area contributed by atoms with Crippen molar-refractivity contribution in [3.05, 3.63) is 62.9 Å². The van der Waals surface area contributed by atoms with E-state index in [9.17, 15) is 9.59 Å². The molecule has 9 heteroatoms. The standard InChI is InChI=1S/C22H21Cl2N3O3S/c23-15-7-8-19(17(24)14-15)27-21(29)16-4-1-2-5-18(16)25-22(27)31-13-3-6-20(28)26-9-11-30-12-10-26/h1-2,4-5,7-8,14H,3,6,9-13H2.